The number of carbonyl (C=O) groups is 1. The van der Waals surface area contributed by atoms with Gasteiger partial charge < -0.3 is 10.0 Å². The zero-order chi connectivity index (χ0) is 25.5. The Bertz CT molecular complexity index is 1250. The number of benzene rings is 4. The molecule has 1 heterocycles. The van der Waals surface area contributed by atoms with Crippen LogP contribution in [0, 0.1) is 0 Å². The number of phenolic OH excluding ortho intramolecular Hbond substituents is 1. The fraction of sp³-hybridized carbons (Fsp3) is 0.219. The van der Waals surface area contributed by atoms with E-state index in [2.05, 4.69) is 29.2 Å². The van der Waals surface area contributed by atoms with Crippen LogP contribution in [0.4, 0.5) is 0 Å². The first-order valence-corrected chi connectivity index (χ1v) is 13.8. The number of phenols is 1. The molecule has 5 rings (SSSR count). The highest BCUT2D eigenvalue weighted by Crippen LogP contribution is 2.41. The average molecular weight is 545 g/mol. The Morgan fingerprint density at radius 2 is 1.24 bits per heavy atom. The predicted molar refractivity (Wildman–Crippen MR) is 160 cm³/mol. The van der Waals surface area contributed by atoms with E-state index >= 15 is 0 Å². The predicted octanol–water partition coefficient (Wildman–Crippen LogP) is 6.97. The van der Waals surface area contributed by atoms with Crippen LogP contribution >= 0.6 is 24.2 Å². The second kappa shape index (κ2) is 13.5. The van der Waals surface area contributed by atoms with Crippen molar-refractivity contribution in [2.75, 3.05) is 31.9 Å². The van der Waals surface area contributed by atoms with Crippen LogP contribution in [0.2, 0.25) is 0 Å². The van der Waals surface area contributed by atoms with Crippen LogP contribution in [-0.2, 0) is 11.3 Å². The summed E-state index contributed by atoms with van der Waals surface area (Å²) in [5.41, 5.74) is 4.89. The molecule has 1 N–H and O–H groups in total. The van der Waals surface area contributed by atoms with Crippen molar-refractivity contribution in [3.63, 3.8) is 0 Å². The van der Waals surface area contributed by atoms with Crippen LogP contribution in [0.15, 0.2) is 108 Å². The zero-order valence-corrected chi connectivity index (χ0v) is 23.0. The van der Waals surface area contributed by atoms with Crippen LogP contribution in [0.1, 0.15) is 12.0 Å². The summed E-state index contributed by atoms with van der Waals surface area (Å²) in [4.78, 5) is 18.4. The van der Waals surface area contributed by atoms with Gasteiger partial charge in [0.1, 0.15) is 5.75 Å². The Hall–Kier alpha value is -3.25. The number of nitrogens with zero attached hydrogens (tertiary/aromatic N) is 2. The number of hydrogen-bond donors (Lipinski definition) is 1. The second-order valence-corrected chi connectivity index (χ2v) is 10.5. The van der Waals surface area contributed by atoms with Crippen molar-refractivity contribution in [3.05, 3.63) is 109 Å². The molecule has 0 atom stereocenters. The van der Waals surface area contributed by atoms with E-state index in [-0.39, 0.29) is 24.1 Å². The van der Waals surface area contributed by atoms with E-state index in [1.807, 2.05) is 83.8 Å². The molecule has 4 nitrogen and oxygen atoms in total. The minimum atomic E-state index is 0. The molecule has 0 aliphatic carbocycles. The van der Waals surface area contributed by atoms with Gasteiger partial charge >= 0.3 is 0 Å². The summed E-state index contributed by atoms with van der Waals surface area (Å²) in [5.74, 6) is 1.21. The Labute approximate surface area is 235 Å². The number of hydrogen-bond acceptors (Lipinski definition) is 4. The van der Waals surface area contributed by atoms with Gasteiger partial charge in [-0.1, -0.05) is 91.0 Å². The highest BCUT2D eigenvalue weighted by Gasteiger charge is 2.21. The van der Waals surface area contributed by atoms with Crippen LogP contribution < -0.4 is 0 Å². The van der Waals surface area contributed by atoms with Gasteiger partial charge in [-0.05, 0) is 28.8 Å². The topological polar surface area (TPSA) is 43.8 Å². The smallest absolute Gasteiger partial charge is 0.223 e. The van der Waals surface area contributed by atoms with Crippen molar-refractivity contribution in [1.29, 1.82) is 0 Å². The number of piperazine rings is 1. The molecule has 1 amide bonds. The minimum Gasteiger partial charge on any atom is -0.507 e. The summed E-state index contributed by atoms with van der Waals surface area (Å²) >= 11 is 1.67. The van der Waals surface area contributed by atoms with Gasteiger partial charge in [0.15, 0.2) is 0 Å². The molecule has 0 aromatic heterocycles. The number of carbonyl (C=O) groups excluding carboxylic acids is 1. The van der Waals surface area contributed by atoms with Gasteiger partial charge in [-0.15, -0.1) is 24.2 Å². The van der Waals surface area contributed by atoms with Crippen molar-refractivity contribution in [3.8, 4) is 28.0 Å². The molecule has 0 unspecified atom stereocenters. The van der Waals surface area contributed by atoms with Gasteiger partial charge in [0.25, 0.3) is 0 Å². The molecule has 0 saturated carbocycles. The van der Waals surface area contributed by atoms with Gasteiger partial charge in [-0.3, -0.25) is 9.69 Å². The van der Waals surface area contributed by atoms with Crippen LogP contribution in [-0.4, -0.2) is 52.7 Å². The fourth-order valence-corrected chi connectivity index (χ4v) is 5.69. The number of thioether (sulfide) groups is 1. The third-order valence-electron chi connectivity index (χ3n) is 6.81. The molecule has 6 heteroatoms. The maximum Gasteiger partial charge on any atom is 0.223 e. The molecule has 0 radical (unpaired) electrons. The van der Waals surface area contributed by atoms with Crippen LogP contribution in [0.5, 0.6) is 5.75 Å². The highest BCUT2D eigenvalue weighted by atomic mass is 35.5. The minimum absolute atomic E-state index is 0. The zero-order valence-electron chi connectivity index (χ0n) is 21.3. The molecule has 1 saturated heterocycles. The van der Waals surface area contributed by atoms with E-state index in [1.165, 1.54) is 5.56 Å². The van der Waals surface area contributed by atoms with E-state index in [0.717, 1.165) is 59.9 Å². The monoisotopic (exact) mass is 544 g/mol. The molecule has 1 aliphatic heterocycles. The summed E-state index contributed by atoms with van der Waals surface area (Å²) < 4.78 is 0. The van der Waals surface area contributed by atoms with E-state index in [4.69, 9.17) is 0 Å². The van der Waals surface area contributed by atoms with Crippen molar-refractivity contribution in [2.45, 2.75) is 17.9 Å². The quantitative estimate of drug-likeness (QED) is 0.243. The van der Waals surface area contributed by atoms with E-state index in [0.29, 0.717) is 12.2 Å². The lowest BCUT2D eigenvalue weighted by Gasteiger charge is -2.34. The number of rotatable bonds is 8. The van der Waals surface area contributed by atoms with Gasteiger partial charge in [-0.2, -0.15) is 0 Å². The molecule has 4 aromatic carbocycles. The maximum absolute atomic E-state index is 12.9. The summed E-state index contributed by atoms with van der Waals surface area (Å²) in [6.07, 6.45) is 0.506. The number of aromatic hydroxyl groups is 1. The number of halogens is 1. The van der Waals surface area contributed by atoms with E-state index in [1.54, 1.807) is 11.8 Å². The van der Waals surface area contributed by atoms with E-state index in [9.17, 15) is 9.90 Å². The van der Waals surface area contributed by atoms with Gasteiger partial charge in [0, 0.05) is 60.9 Å². The normalized spacial score (nSPS) is 13.6. The maximum atomic E-state index is 12.9. The SMILES string of the molecule is Cl.O=C(CCSc1cc(-c2ccccc2)c(O)c(-c2ccccc2)c1)N1CCN(Cc2ccccc2)CC1. The molecule has 0 bridgehead atoms. The Balaban J connectivity index is 0.00000336. The summed E-state index contributed by atoms with van der Waals surface area (Å²) in [6, 6.07) is 34.5. The lowest BCUT2D eigenvalue weighted by Crippen LogP contribution is -2.48. The Kier molecular flexibility index (Phi) is 9.88. The standard InChI is InChI=1S/C32H32N2O2S.ClH/c35-31(34-19-17-33(18-20-34)24-25-10-4-1-5-11-25)16-21-37-28-22-29(26-12-6-2-7-13-26)32(36)30(23-28)27-14-8-3-9-15-27;/h1-15,22-23,36H,16-21,24H2;1H. The first-order chi connectivity index (χ1) is 18.2. The molecule has 1 aliphatic rings. The van der Waals surface area contributed by atoms with E-state index < -0.39 is 0 Å². The number of amides is 1. The first-order valence-electron chi connectivity index (χ1n) is 12.8. The van der Waals surface area contributed by atoms with Crippen LogP contribution in [0.3, 0.4) is 0 Å². The molecule has 4 aromatic rings. The average Bonchev–Trinajstić information content (AvgIpc) is 2.95. The van der Waals surface area contributed by atoms with Gasteiger partial charge in [-0.25, -0.2) is 0 Å². The van der Waals surface area contributed by atoms with Gasteiger partial charge in [0.05, 0.1) is 0 Å². The lowest BCUT2D eigenvalue weighted by atomic mass is 9.97. The van der Waals surface area contributed by atoms with Crippen molar-refractivity contribution in [1.82, 2.24) is 9.80 Å². The summed E-state index contributed by atoms with van der Waals surface area (Å²) in [5, 5.41) is 11.1. The second-order valence-electron chi connectivity index (χ2n) is 9.34. The van der Waals surface area contributed by atoms with Crippen molar-refractivity contribution < 1.29 is 9.90 Å². The first kappa shape index (κ1) is 27.8. The fourth-order valence-electron chi connectivity index (χ4n) is 4.78. The van der Waals surface area contributed by atoms with Crippen molar-refractivity contribution in [2.24, 2.45) is 0 Å². The lowest BCUT2D eigenvalue weighted by molar-refractivity contribution is -0.132. The molecular formula is C32H33ClN2O2S. The molecule has 38 heavy (non-hydrogen) atoms. The summed E-state index contributed by atoms with van der Waals surface area (Å²) in [6.45, 7) is 4.32. The van der Waals surface area contributed by atoms with Crippen LogP contribution in [0.25, 0.3) is 22.3 Å². The largest absolute Gasteiger partial charge is 0.507 e. The molecular weight excluding hydrogens is 512 g/mol. The molecule has 1 fully saturated rings. The highest BCUT2D eigenvalue weighted by molar-refractivity contribution is 7.99. The third-order valence-corrected chi connectivity index (χ3v) is 7.79. The van der Waals surface area contributed by atoms with Crippen molar-refractivity contribution >= 4 is 30.1 Å². The Morgan fingerprint density at radius 3 is 1.76 bits per heavy atom. The molecule has 196 valence electrons. The van der Waals surface area contributed by atoms with Gasteiger partial charge in [0.2, 0.25) is 5.91 Å². The third kappa shape index (κ3) is 6.98. The summed E-state index contributed by atoms with van der Waals surface area (Å²) in [7, 11) is 0. The molecule has 0 spiro atoms. The Morgan fingerprint density at radius 1 is 0.737 bits per heavy atom.